The van der Waals surface area contributed by atoms with Gasteiger partial charge in [-0.25, -0.2) is 9.97 Å². The number of likely N-dealkylation sites (N-methyl/N-ethyl adjacent to an activating group) is 1. The Morgan fingerprint density at radius 2 is 2.11 bits per heavy atom. The van der Waals surface area contributed by atoms with E-state index in [-0.39, 0.29) is 6.04 Å². The van der Waals surface area contributed by atoms with E-state index in [4.69, 9.17) is 0 Å². The number of aromatic nitrogens is 2. The number of nitrogens with zero attached hydrogens (tertiary/aromatic N) is 2. The van der Waals surface area contributed by atoms with Crippen LogP contribution in [-0.2, 0) is 6.42 Å². The van der Waals surface area contributed by atoms with Crippen molar-refractivity contribution in [3.63, 3.8) is 0 Å². The number of rotatable bonds is 5. The van der Waals surface area contributed by atoms with E-state index in [2.05, 4.69) is 49.6 Å². The van der Waals surface area contributed by atoms with Crippen molar-refractivity contribution in [3.8, 4) is 0 Å². The molecule has 0 fully saturated rings. The molecule has 18 heavy (non-hydrogen) atoms. The van der Waals surface area contributed by atoms with Crippen LogP contribution in [0.25, 0.3) is 0 Å². The minimum atomic E-state index is 0.182. The molecule has 0 saturated heterocycles. The highest BCUT2D eigenvalue weighted by Crippen LogP contribution is 2.24. The lowest BCUT2D eigenvalue weighted by Gasteiger charge is -2.15. The van der Waals surface area contributed by atoms with E-state index in [0.717, 1.165) is 28.8 Å². The van der Waals surface area contributed by atoms with Gasteiger partial charge in [0, 0.05) is 33.5 Å². The number of thiophene rings is 1. The Labute approximate surface area is 120 Å². The maximum absolute atomic E-state index is 4.42. The molecule has 96 valence electrons. The molecule has 2 rings (SSSR count). The Morgan fingerprint density at radius 1 is 1.39 bits per heavy atom. The van der Waals surface area contributed by atoms with E-state index in [9.17, 15) is 0 Å². The summed E-state index contributed by atoms with van der Waals surface area (Å²) in [6.45, 7) is 5.02. The summed E-state index contributed by atoms with van der Waals surface area (Å²) in [6, 6.07) is 2.34. The molecule has 0 saturated carbocycles. The van der Waals surface area contributed by atoms with Crippen LogP contribution in [0.5, 0.6) is 0 Å². The number of halogens is 1. The highest BCUT2D eigenvalue weighted by atomic mass is 79.9. The van der Waals surface area contributed by atoms with Crippen molar-refractivity contribution in [2.75, 3.05) is 6.54 Å². The summed E-state index contributed by atoms with van der Waals surface area (Å²) in [6.07, 6.45) is 4.67. The predicted molar refractivity (Wildman–Crippen MR) is 78.9 cm³/mol. The summed E-state index contributed by atoms with van der Waals surface area (Å²) in [5, 5.41) is 5.55. The van der Waals surface area contributed by atoms with Crippen molar-refractivity contribution in [2.24, 2.45) is 0 Å². The highest BCUT2D eigenvalue weighted by Gasteiger charge is 2.14. The molecule has 0 aliphatic rings. The molecule has 1 N–H and O–H groups in total. The van der Waals surface area contributed by atoms with Gasteiger partial charge in [0.15, 0.2) is 0 Å². The van der Waals surface area contributed by atoms with E-state index >= 15 is 0 Å². The second-order valence-electron chi connectivity index (χ2n) is 4.16. The Bertz CT molecular complexity index is 495. The summed E-state index contributed by atoms with van der Waals surface area (Å²) in [7, 11) is 0. The van der Waals surface area contributed by atoms with Crippen molar-refractivity contribution in [1.82, 2.24) is 15.3 Å². The smallest absolute Gasteiger partial charge is 0.145 e. The van der Waals surface area contributed by atoms with Crippen LogP contribution in [0.1, 0.15) is 29.2 Å². The summed E-state index contributed by atoms with van der Waals surface area (Å²) in [4.78, 5) is 10.2. The largest absolute Gasteiger partial charge is 0.307 e. The van der Waals surface area contributed by atoms with Crippen LogP contribution < -0.4 is 5.32 Å². The summed E-state index contributed by atoms with van der Waals surface area (Å²) in [5.74, 6) is 0.868. The summed E-state index contributed by atoms with van der Waals surface area (Å²) in [5.41, 5.74) is 1.09. The Kier molecular flexibility index (Phi) is 4.86. The summed E-state index contributed by atoms with van der Waals surface area (Å²) < 4.78 is 1.14. The minimum Gasteiger partial charge on any atom is -0.307 e. The van der Waals surface area contributed by atoms with Gasteiger partial charge in [-0.1, -0.05) is 6.92 Å². The fraction of sp³-hybridized carbons (Fsp3) is 0.385. The van der Waals surface area contributed by atoms with Gasteiger partial charge < -0.3 is 5.32 Å². The fourth-order valence-electron chi connectivity index (χ4n) is 1.75. The molecule has 1 atom stereocenters. The first kappa shape index (κ1) is 13.6. The molecule has 0 spiro atoms. The number of nitrogens with one attached hydrogen (secondary N) is 1. The Balaban J connectivity index is 2.14. The molecular weight excluding hydrogens is 310 g/mol. The predicted octanol–water partition coefficient (Wildman–Crippen LogP) is 3.50. The molecule has 2 aromatic rings. The monoisotopic (exact) mass is 325 g/mol. The number of aryl methyl sites for hydroxylation is 1. The molecule has 0 aliphatic heterocycles. The quantitative estimate of drug-likeness (QED) is 0.914. The second-order valence-corrected chi connectivity index (χ2v) is 6.08. The molecule has 3 nitrogen and oxygen atoms in total. The minimum absolute atomic E-state index is 0.182. The second kappa shape index (κ2) is 6.41. The maximum Gasteiger partial charge on any atom is 0.145 e. The Hall–Kier alpha value is -0.780. The van der Waals surface area contributed by atoms with Gasteiger partial charge in [-0.3, -0.25) is 0 Å². The zero-order chi connectivity index (χ0) is 13.0. The van der Waals surface area contributed by atoms with E-state index in [0.29, 0.717) is 0 Å². The third-order valence-electron chi connectivity index (χ3n) is 2.59. The van der Waals surface area contributed by atoms with Gasteiger partial charge in [0.25, 0.3) is 0 Å². The average molecular weight is 326 g/mol. The van der Waals surface area contributed by atoms with Crippen LogP contribution in [0.2, 0.25) is 0 Å². The van der Waals surface area contributed by atoms with E-state index in [1.807, 2.05) is 19.3 Å². The molecule has 2 heterocycles. The van der Waals surface area contributed by atoms with E-state index < -0.39 is 0 Å². The first-order chi connectivity index (χ1) is 8.69. The van der Waals surface area contributed by atoms with Crippen molar-refractivity contribution in [1.29, 1.82) is 0 Å². The third kappa shape index (κ3) is 3.60. The van der Waals surface area contributed by atoms with E-state index in [1.165, 1.54) is 4.88 Å². The lowest BCUT2D eigenvalue weighted by molar-refractivity contribution is 0.524. The normalized spacial score (nSPS) is 12.6. The molecular formula is C13H16BrN3S. The van der Waals surface area contributed by atoms with Crippen LogP contribution in [0.15, 0.2) is 28.3 Å². The molecule has 2 aromatic heterocycles. The first-order valence-electron chi connectivity index (χ1n) is 5.94. The third-order valence-corrected chi connectivity index (χ3v) is 4.31. The summed E-state index contributed by atoms with van der Waals surface area (Å²) >= 11 is 5.24. The lowest BCUT2D eigenvalue weighted by Crippen LogP contribution is -2.24. The molecule has 0 aromatic carbocycles. The van der Waals surface area contributed by atoms with Crippen LogP contribution in [0, 0.1) is 6.92 Å². The molecule has 0 amide bonds. The lowest BCUT2D eigenvalue weighted by atomic mass is 10.1. The Morgan fingerprint density at radius 3 is 2.67 bits per heavy atom. The van der Waals surface area contributed by atoms with Gasteiger partial charge in [0.2, 0.25) is 0 Å². The average Bonchev–Trinajstić information content (AvgIpc) is 2.75. The van der Waals surface area contributed by atoms with Crippen LogP contribution in [0.3, 0.4) is 0 Å². The van der Waals surface area contributed by atoms with Gasteiger partial charge in [0.1, 0.15) is 5.82 Å². The van der Waals surface area contributed by atoms with Crippen molar-refractivity contribution in [3.05, 3.63) is 44.6 Å². The highest BCUT2D eigenvalue weighted by molar-refractivity contribution is 9.10. The fourth-order valence-corrected chi connectivity index (χ4v) is 3.24. The topological polar surface area (TPSA) is 37.8 Å². The van der Waals surface area contributed by atoms with E-state index in [1.54, 1.807) is 11.3 Å². The van der Waals surface area contributed by atoms with Crippen molar-refractivity contribution < 1.29 is 0 Å². The molecule has 0 aliphatic carbocycles. The SMILES string of the molecule is CCNC(Cc1cc(Br)cs1)c1ncc(C)cn1. The standard InChI is InChI=1S/C13H16BrN3S/c1-3-15-12(5-11-4-10(14)8-18-11)13-16-6-9(2)7-17-13/h4,6-8,12,15H,3,5H2,1-2H3. The number of hydrogen-bond acceptors (Lipinski definition) is 4. The number of hydrogen-bond donors (Lipinski definition) is 1. The van der Waals surface area contributed by atoms with Gasteiger partial charge in [0.05, 0.1) is 6.04 Å². The zero-order valence-corrected chi connectivity index (χ0v) is 12.9. The molecule has 5 heteroatoms. The van der Waals surface area contributed by atoms with Crippen LogP contribution in [0.4, 0.5) is 0 Å². The zero-order valence-electron chi connectivity index (χ0n) is 10.5. The maximum atomic E-state index is 4.42. The van der Waals surface area contributed by atoms with Crippen LogP contribution in [-0.4, -0.2) is 16.5 Å². The van der Waals surface area contributed by atoms with Gasteiger partial charge in [-0.2, -0.15) is 0 Å². The molecule has 1 unspecified atom stereocenters. The van der Waals surface area contributed by atoms with Gasteiger partial charge in [-0.05, 0) is 41.0 Å². The molecule has 0 bridgehead atoms. The van der Waals surface area contributed by atoms with Crippen molar-refractivity contribution in [2.45, 2.75) is 26.3 Å². The first-order valence-corrected chi connectivity index (χ1v) is 7.61. The molecule has 0 radical (unpaired) electrons. The van der Waals surface area contributed by atoms with Gasteiger partial charge >= 0.3 is 0 Å². The van der Waals surface area contributed by atoms with Gasteiger partial charge in [-0.15, -0.1) is 11.3 Å². The van der Waals surface area contributed by atoms with Crippen LogP contribution >= 0.6 is 27.3 Å². The van der Waals surface area contributed by atoms with Crippen molar-refractivity contribution >= 4 is 27.3 Å².